The number of pyridine rings is 1. The Morgan fingerprint density at radius 1 is 1.38 bits per heavy atom. The molecule has 112 valence electrons. The summed E-state index contributed by atoms with van der Waals surface area (Å²) in [5, 5.41) is 8.18. The van der Waals surface area contributed by atoms with E-state index in [1.54, 1.807) is 0 Å². The van der Waals surface area contributed by atoms with E-state index in [2.05, 4.69) is 40.3 Å². The van der Waals surface area contributed by atoms with Gasteiger partial charge in [0.25, 0.3) is 0 Å². The fourth-order valence-electron chi connectivity index (χ4n) is 2.72. The summed E-state index contributed by atoms with van der Waals surface area (Å²) in [6.45, 7) is 3.77. The number of rotatable bonds is 6. The molecule has 0 aromatic carbocycles. The second-order valence-corrected chi connectivity index (χ2v) is 5.84. The lowest BCUT2D eigenvalue weighted by atomic mass is 10.2. The van der Waals surface area contributed by atoms with Gasteiger partial charge in [0.2, 0.25) is 0 Å². The van der Waals surface area contributed by atoms with E-state index in [4.69, 9.17) is 0 Å². The van der Waals surface area contributed by atoms with Crippen LogP contribution in [0.5, 0.6) is 0 Å². The molecule has 0 saturated heterocycles. The van der Waals surface area contributed by atoms with Gasteiger partial charge in [-0.25, -0.2) is 0 Å². The Labute approximate surface area is 126 Å². The maximum absolute atomic E-state index is 4.59. The number of nitrogens with zero attached hydrogens (tertiary/aromatic N) is 4. The third-order valence-electron chi connectivity index (χ3n) is 3.94. The van der Waals surface area contributed by atoms with Crippen molar-refractivity contribution >= 4 is 5.82 Å². The van der Waals surface area contributed by atoms with E-state index in [9.17, 15) is 0 Å². The van der Waals surface area contributed by atoms with E-state index in [1.807, 2.05) is 30.1 Å². The molecule has 2 aromatic heterocycles. The first-order valence-electron chi connectivity index (χ1n) is 7.52. The van der Waals surface area contributed by atoms with Crippen molar-refractivity contribution in [3.63, 3.8) is 0 Å². The molecule has 1 saturated carbocycles. The molecule has 1 aliphatic carbocycles. The molecule has 3 rings (SSSR count). The molecule has 0 spiro atoms. The second-order valence-electron chi connectivity index (χ2n) is 5.84. The topological polar surface area (TPSA) is 46.0 Å². The number of aryl methyl sites for hydroxylation is 2. The maximum Gasteiger partial charge on any atom is 0.131 e. The van der Waals surface area contributed by atoms with Crippen molar-refractivity contribution in [3.8, 4) is 0 Å². The van der Waals surface area contributed by atoms with Gasteiger partial charge < -0.3 is 10.2 Å². The molecule has 0 amide bonds. The Morgan fingerprint density at radius 3 is 2.86 bits per heavy atom. The molecule has 1 aliphatic rings. The molecular formula is C16H23N5. The van der Waals surface area contributed by atoms with E-state index < -0.39 is 0 Å². The van der Waals surface area contributed by atoms with Crippen molar-refractivity contribution in [3.05, 3.63) is 41.3 Å². The highest BCUT2D eigenvalue weighted by Gasteiger charge is 2.23. The van der Waals surface area contributed by atoms with Crippen molar-refractivity contribution in [1.82, 2.24) is 20.1 Å². The maximum atomic E-state index is 4.59. The van der Waals surface area contributed by atoms with E-state index in [0.29, 0.717) is 6.04 Å². The summed E-state index contributed by atoms with van der Waals surface area (Å²) >= 11 is 0. The summed E-state index contributed by atoms with van der Waals surface area (Å²) in [7, 11) is 4.11. The lowest BCUT2D eigenvalue weighted by molar-refractivity contribution is 0.679. The Bertz CT molecular complexity index is 601. The molecule has 1 fully saturated rings. The largest absolute Gasteiger partial charge is 0.354 e. The first kappa shape index (κ1) is 14.1. The van der Waals surface area contributed by atoms with Crippen LogP contribution in [-0.4, -0.2) is 27.9 Å². The average Bonchev–Trinajstić information content (AvgIpc) is 3.23. The van der Waals surface area contributed by atoms with Gasteiger partial charge in [0.1, 0.15) is 5.82 Å². The van der Waals surface area contributed by atoms with Gasteiger partial charge in [-0.05, 0) is 31.9 Å². The number of hydrogen-bond donors (Lipinski definition) is 1. The Morgan fingerprint density at radius 2 is 2.19 bits per heavy atom. The van der Waals surface area contributed by atoms with Crippen molar-refractivity contribution < 1.29 is 0 Å². The first-order valence-corrected chi connectivity index (χ1v) is 7.52. The zero-order valence-electron chi connectivity index (χ0n) is 13.0. The fraction of sp³-hybridized carbons (Fsp3) is 0.500. The monoisotopic (exact) mass is 285 g/mol. The van der Waals surface area contributed by atoms with Crippen molar-refractivity contribution in [1.29, 1.82) is 0 Å². The summed E-state index contributed by atoms with van der Waals surface area (Å²) in [4.78, 5) is 6.64. The van der Waals surface area contributed by atoms with Crippen LogP contribution < -0.4 is 10.2 Å². The standard InChI is InChI=1S/C16H23N5/c1-12-15(10-18-13-7-8-13)16(21(3)19-12)20(2)11-14-6-4-5-9-17-14/h4-6,9,13,18H,7-8,10-11H2,1-3H3. The van der Waals surface area contributed by atoms with Crippen LogP contribution >= 0.6 is 0 Å². The van der Waals surface area contributed by atoms with Crippen LogP contribution in [0.25, 0.3) is 0 Å². The van der Waals surface area contributed by atoms with E-state index in [-0.39, 0.29) is 0 Å². The highest BCUT2D eigenvalue weighted by atomic mass is 15.4. The Kier molecular flexibility index (Phi) is 3.92. The van der Waals surface area contributed by atoms with Crippen molar-refractivity contribution in [2.45, 2.75) is 38.9 Å². The number of aromatic nitrogens is 3. The van der Waals surface area contributed by atoms with Crippen LogP contribution in [0.1, 0.15) is 29.8 Å². The smallest absolute Gasteiger partial charge is 0.131 e. The van der Waals surface area contributed by atoms with Gasteiger partial charge in [-0.3, -0.25) is 9.67 Å². The van der Waals surface area contributed by atoms with Crippen LogP contribution in [0, 0.1) is 6.92 Å². The Balaban J connectivity index is 1.78. The van der Waals surface area contributed by atoms with Crippen LogP contribution in [0.15, 0.2) is 24.4 Å². The molecule has 1 N–H and O–H groups in total. The molecule has 5 nitrogen and oxygen atoms in total. The van der Waals surface area contributed by atoms with Crippen molar-refractivity contribution in [2.24, 2.45) is 7.05 Å². The van der Waals surface area contributed by atoms with Crippen LogP contribution in [0.2, 0.25) is 0 Å². The fourth-order valence-corrected chi connectivity index (χ4v) is 2.72. The lowest BCUT2D eigenvalue weighted by Gasteiger charge is -2.21. The predicted octanol–water partition coefficient (Wildman–Crippen LogP) is 2.01. The minimum Gasteiger partial charge on any atom is -0.354 e. The number of hydrogen-bond acceptors (Lipinski definition) is 4. The third kappa shape index (κ3) is 3.24. The molecule has 2 heterocycles. The molecular weight excluding hydrogens is 262 g/mol. The zero-order valence-corrected chi connectivity index (χ0v) is 13.0. The van der Waals surface area contributed by atoms with Gasteiger partial charge in [-0.2, -0.15) is 5.10 Å². The number of nitrogens with one attached hydrogen (secondary N) is 1. The highest BCUT2D eigenvalue weighted by Crippen LogP contribution is 2.25. The summed E-state index contributed by atoms with van der Waals surface area (Å²) in [5.41, 5.74) is 3.47. The number of anilines is 1. The van der Waals surface area contributed by atoms with Crippen molar-refractivity contribution in [2.75, 3.05) is 11.9 Å². The second kappa shape index (κ2) is 5.85. The average molecular weight is 285 g/mol. The predicted molar refractivity (Wildman–Crippen MR) is 84.2 cm³/mol. The quantitative estimate of drug-likeness (QED) is 0.882. The van der Waals surface area contributed by atoms with Gasteiger partial charge in [-0.1, -0.05) is 6.07 Å². The Hall–Kier alpha value is -1.88. The van der Waals surface area contributed by atoms with Gasteiger partial charge in [-0.15, -0.1) is 0 Å². The SMILES string of the molecule is Cc1nn(C)c(N(C)Cc2ccccn2)c1CNC1CC1. The van der Waals surface area contributed by atoms with E-state index in [0.717, 1.165) is 24.5 Å². The first-order chi connectivity index (χ1) is 10.1. The van der Waals surface area contributed by atoms with Gasteiger partial charge >= 0.3 is 0 Å². The summed E-state index contributed by atoms with van der Waals surface area (Å²) in [5.74, 6) is 1.17. The molecule has 2 aromatic rings. The van der Waals surface area contributed by atoms with E-state index in [1.165, 1.54) is 24.2 Å². The minimum absolute atomic E-state index is 0.707. The minimum atomic E-state index is 0.707. The van der Waals surface area contributed by atoms with Crippen LogP contribution in [-0.2, 0) is 20.1 Å². The molecule has 0 aliphatic heterocycles. The molecule has 0 bridgehead atoms. The van der Waals surface area contributed by atoms with Gasteiger partial charge in [0.05, 0.1) is 17.9 Å². The van der Waals surface area contributed by atoms with Crippen LogP contribution in [0.4, 0.5) is 5.82 Å². The molecule has 0 radical (unpaired) electrons. The molecule has 0 unspecified atom stereocenters. The summed E-state index contributed by atoms with van der Waals surface area (Å²) in [6, 6.07) is 6.74. The van der Waals surface area contributed by atoms with Crippen LogP contribution in [0.3, 0.4) is 0 Å². The van der Waals surface area contributed by atoms with Gasteiger partial charge in [0.15, 0.2) is 0 Å². The summed E-state index contributed by atoms with van der Waals surface area (Å²) in [6.07, 6.45) is 4.45. The van der Waals surface area contributed by atoms with E-state index >= 15 is 0 Å². The zero-order chi connectivity index (χ0) is 14.8. The van der Waals surface area contributed by atoms with Gasteiger partial charge in [0, 0.05) is 38.4 Å². The molecule has 5 heteroatoms. The third-order valence-corrected chi connectivity index (χ3v) is 3.94. The lowest BCUT2D eigenvalue weighted by Crippen LogP contribution is -2.23. The molecule has 0 atom stereocenters. The highest BCUT2D eigenvalue weighted by molar-refractivity contribution is 5.49. The summed E-state index contributed by atoms with van der Waals surface area (Å²) < 4.78 is 1.97. The normalized spacial score (nSPS) is 14.4. The molecule has 21 heavy (non-hydrogen) atoms.